The number of aryl methyl sites for hydroxylation is 1. The lowest BCUT2D eigenvalue weighted by molar-refractivity contribution is 0.122. The Balaban J connectivity index is 0.944. The smallest absolute Gasteiger partial charge is 0.146 e. The van der Waals surface area contributed by atoms with Gasteiger partial charge in [0, 0.05) is 137 Å². The molecule has 14 heterocycles. The lowest BCUT2D eigenvalue weighted by Gasteiger charge is -2.30. The summed E-state index contributed by atoms with van der Waals surface area (Å²) >= 11 is 3.44. The highest BCUT2D eigenvalue weighted by molar-refractivity contribution is 7.13. The van der Waals surface area contributed by atoms with Crippen LogP contribution in [0.15, 0.2) is 132 Å². The molecule has 11 aromatic heterocycles. The largest absolute Gasteiger partial charge is 0.378 e. The van der Waals surface area contributed by atoms with E-state index >= 15 is 0 Å². The van der Waals surface area contributed by atoms with E-state index in [-0.39, 0.29) is 0 Å². The summed E-state index contributed by atoms with van der Waals surface area (Å²) in [5, 5.41) is 13.1. The molecule has 374 valence electrons. The number of rotatable bonds is 10. The van der Waals surface area contributed by atoms with Crippen molar-refractivity contribution in [2.75, 3.05) is 93.5 Å². The average Bonchev–Trinajstić information content (AvgIpc) is 4.37. The Kier molecular flexibility index (Phi) is 11.9. The molecule has 3 aliphatic rings. The number of nitrogens with one attached hydrogen (secondary N) is 2. The lowest BCUT2D eigenvalue weighted by atomic mass is 9.99. The quantitative estimate of drug-likeness (QED) is 0.135. The van der Waals surface area contributed by atoms with Crippen molar-refractivity contribution in [2.45, 2.75) is 13.3 Å². The molecule has 0 unspecified atom stereocenters. The number of anilines is 3. The third kappa shape index (κ3) is 8.22. The first kappa shape index (κ1) is 45.8. The average molecular weight is 1030 g/mol. The van der Waals surface area contributed by atoms with Crippen LogP contribution in [0.25, 0.3) is 99.8 Å². The maximum Gasteiger partial charge on any atom is 0.146 e. The molecule has 0 aliphatic carbocycles. The van der Waals surface area contributed by atoms with Crippen molar-refractivity contribution in [1.82, 2.24) is 49.3 Å². The summed E-state index contributed by atoms with van der Waals surface area (Å²) in [5.74, 6) is 4.28. The van der Waals surface area contributed by atoms with Gasteiger partial charge in [0.15, 0.2) is 0 Å². The van der Waals surface area contributed by atoms with Gasteiger partial charge in [-0.05, 0) is 126 Å². The van der Waals surface area contributed by atoms with Gasteiger partial charge in [0.1, 0.15) is 46.0 Å². The van der Waals surface area contributed by atoms with Gasteiger partial charge in [-0.1, -0.05) is 6.07 Å². The van der Waals surface area contributed by atoms with Gasteiger partial charge in [-0.2, -0.15) is 11.3 Å². The van der Waals surface area contributed by atoms with Crippen LogP contribution in [0.2, 0.25) is 0 Å². The fourth-order valence-electron chi connectivity index (χ4n) is 11.2. The number of nitrogens with zero attached hydrogens (tertiary/aromatic N) is 11. The molecular formula is C58H53N13O2S2. The van der Waals surface area contributed by atoms with Crippen molar-refractivity contribution in [1.29, 1.82) is 0 Å². The molecule has 0 radical (unpaired) electrons. The summed E-state index contributed by atoms with van der Waals surface area (Å²) in [6, 6.07) is 27.8. The second kappa shape index (κ2) is 19.5. The van der Waals surface area contributed by atoms with Crippen molar-refractivity contribution in [3.8, 4) is 66.7 Å². The maximum absolute atomic E-state index is 5.98. The Hall–Kier alpha value is -7.80. The standard InChI is InChI=1S/C58H53N13O2S2/c1-37-14-32-75-53(37)43-13-19-62-58-52(43)46(35-71(58)50-10-8-41(56(66-50)68-23-27-72-28-24-68)44-33-63-54-51(44)39(12-18-60-54)38-15-31-74-36-38)42-9-11-49(65-57(42)69-25-29-73-30-26-69)70-34-45(40-5-3-17-61-55(40)70)47-6-2-7-48(64-47)67-21-4-16-59-20-22-67/h2-3,5-15,17-19,31-36,59H,4,16,20-30H2,1H3,(H,60,63). The Morgan fingerprint density at radius 3 is 2.04 bits per heavy atom. The normalized spacial score (nSPS) is 15.7. The number of pyridine rings is 6. The second-order valence-corrected chi connectivity index (χ2v) is 20.9. The number of hydrogen-bond donors (Lipinski definition) is 2. The van der Waals surface area contributed by atoms with Crippen molar-refractivity contribution >= 4 is 73.2 Å². The van der Waals surface area contributed by atoms with E-state index in [1.165, 1.54) is 16.0 Å². The highest BCUT2D eigenvalue weighted by atomic mass is 32.1. The zero-order valence-electron chi connectivity index (χ0n) is 41.4. The molecule has 0 spiro atoms. The third-order valence-corrected chi connectivity index (χ3v) is 16.6. The van der Waals surface area contributed by atoms with Gasteiger partial charge >= 0.3 is 0 Å². The zero-order chi connectivity index (χ0) is 49.8. The van der Waals surface area contributed by atoms with Crippen LogP contribution in [0, 0.1) is 6.92 Å². The molecule has 14 rings (SSSR count). The molecule has 0 bridgehead atoms. The van der Waals surface area contributed by atoms with Gasteiger partial charge in [0.25, 0.3) is 0 Å². The third-order valence-electron chi connectivity index (χ3n) is 14.9. The van der Waals surface area contributed by atoms with E-state index < -0.39 is 0 Å². The first-order chi connectivity index (χ1) is 37.1. The van der Waals surface area contributed by atoms with Gasteiger partial charge < -0.3 is 34.5 Å². The molecule has 2 N–H and O–H groups in total. The molecule has 17 heteroatoms. The van der Waals surface area contributed by atoms with Crippen LogP contribution in [-0.4, -0.2) is 123 Å². The van der Waals surface area contributed by atoms with Crippen molar-refractivity contribution in [2.24, 2.45) is 0 Å². The summed E-state index contributed by atoms with van der Waals surface area (Å²) < 4.78 is 16.2. The number of morpholine rings is 2. The SMILES string of the molecule is Cc1ccsc1-c1ccnc2c1c(-c1ccc(-n3cc(-c4cccc(N5CCCNCC5)n4)c4cccnc43)nc1N1CCOCC1)cn2-c1ccc(-c2c[nH]c3nccc(-c4ccsc4)c23)c(N2CCOCC2)n1. The van der Waals surface area contributed by atoms with E-state index in [4.69, 9.17) is 39.4 Å². The highest BCUT2D eigenvalue weighted by Gasteiger charge is 2.28. The van der Waals surface area contributed by atoms with Crippen molar-refractivity contribution < 1.29 is 9.47 Å². The van der Waals surface area contributed by atoms with E-state index in [1.807, 2.05) is 24.7 Å². The minimum Gasteiger partial charge on any atom is -0.378 e. The zero-order valence-corrected chi connectivity index (χ0v) is 43.1. The Bertz CT molecular complexity index is 3880. The van der Waals surface area contributed by atoms with Gasteiger partial charge in [-0.3, -0.25) is 9.13 Å². The van der Waals surface area contributed by atoms with Crippen LogP contribution in [0.5, 0.6) is 0 Å². The minimum atomic E-state index is 0.601. The molecular weight excluding hydrogens is 975 g/mol. The number of fused-ring (bicyclic) bond motifs is 3. The van der Waals surface area contributed by atoms with Gasteiger partial charge in [-0.25, -0.2) is 29.9 Å². The van der Waals surface area contributed by atoms with Crippen LogP contribution >= 0.6 is 22.7 Å². The lowest BCUT2D eigenvalue weighted by Crippen LogP contribution is -2.37. The number of hydrogen-bond acceptors (Lipinski definition) is 14. The fourth-order valence-corrected chi connectivity index (χ4v) is 12.8. The van der Waals surface area contributed by atoms with Crippen LogP contribution in [0.1, 0.15) is 12.0 Å². The number of aromatic amines is 1. The van der Waals surface area contributed by atoms with Gasteiger partial charge in [0.05, 0.1) is 32.1 Å². The van der Waals surface area contributed by atoms with Crippen molar-refractivity contribution in [3.63, 3.8) is 0 Å². The summed E-state index contributed by atoms with van der Waals surface area (Å²) in [5.41, 5.74) is 13.1. The Morgan fingerprint density at radius 1 is 0.547 bits per heavy atom. The molecule has 15 nitrogen and oxygen atoms in total. The van der Waals surface area contributed by atoms with Crippen LogP contribution < -0.4 is 20.0 Å². The number of H-pyrrole nitrogens is 1. The monoisotopic (exact) mass is 1030 g/mol. The minimum absolute atomic E-state index is 0.601. The summed E-state index contributed by atoms with van der Waals surface area (Å²) in [6.45, 7) is 11.3. The molecule has 0 saturated carbocycles. The molecule has 0 amide bonds. The molecule has 75 heavy (non-hydrogen) atoms. The highest BCUT2D eigenvalue weighted by Crippen LogP contribution is 2.45. The molecule has 11 aromatic rings. The first-order valence-electron chi connectivity index (χ1n) is 25.7. The fraction of sp³-hybridized carbons (Fsp3) is 0.241. The first-order valence-corrected chi connectivity index (χ1v) is 27.6. The molecule has 3 fully saturated rings. The topological polar surface area (TPSA) is 143 Å². The molecule has 3 aliphatic heterocycles. The molecule has 0 aromatic carbocycles. The summed E-state index contributed by atoms with van der Waals surface area (Å²) in [4.78, 5) is 43.3. The van der Waals surface area contributed by atoms with E-state index in [9.17, 15) is 0 Å². The van der Waals surface area contributed by atoms with Crippen LogP contribution in [-0.2, 0) is 9.47 Å². The number of ether oxygens (including phenoxy) is 2. The predicted molar refractivity (Wildman–Crippen MR) is 302 cm³/mol. The van der Waals surface area contributed by atoms with Gasteiger partial charge in [-0.15, -0.1) is 11.3 Å². The summed E-state index contributed by atoms with van der Waals surface area (Å²) in [7, 11) is 0. The summed E-state index contributed by atoms with van der Waals surface area (Å²) in [6.07, 6.45) is 13.2. The molecule has 0 atom stereocenters. The maximum atomic E-state index is 5.98. The second-order valence-electron chi connectivity index (χ2n) is 19.2. The Morgan fingerprint density at radius 2 is 1.28 bits per heavy atom. The van der Waals surface area contributed by atoms with E-state index in [2.05, 4.69) is 149 Å². The van der Waals surface area contributed by atoms with E-state index in [0.29, 0.717) is 52.6 Å². The Labute approximate surface area is 441 Å². The van der Waals surface area contributed by atoms with Crippen LogP contribution in [0.3, 0.4) is 0 Å². The van der Waals surface area contributed by atoms with E-state index in [1.54, 1.807) is 22.7 Å². The molecule has 3 saturated heterocycles. The predicted octanol–water partition coefficient (Wildman–Crippen LogP) is 10.7. The van der Waals surface area contributed by atoms with Crippen LogP contribution in [0.4, 0.5) is 17.5 Å². The number of aromatic nitrogens is 9. The van der Waals surface area contributed by atoms with Crippen molar-refractivity contribution in [3.05, 3.63) is 138 Å². The van der Waals surface area contributed by atoms with Gasteiger partial charge in [0.2, 0.25) is 0 Å². The number of thiophene rings is 2. The van der Waals surface area contributed by atoms with E-state index in [0.717, 1.165) is 139 Å².